The quantitative estimate of drug-likeness (QED) is 0.409. The summed E-state index contributed by atoms with van der Waals surface area (Å²) < 4.78 is 0. The van der Waals surface area contributed by atoms with Crippen LogP contribution in [-0.2, 0) is 17.8 Å². The highest BCUT2D eigenvalue weighted by Gasteiger charge is 2.02. The number of hydrogen-bond acceptors (Lipinski definition) is 5. The molecule has 0 aliphatic carbocycles. The first kappa shape index (κ1) is 17.4. The maximum absolute atomic E-state index is 11.8. The van der Waals surface area contributed by atoms with Crippen molar-refractivity contribution in [2.75, 3.05) is 6.54 Å². The van der Waals surface area contributed by atoms with Gasteiger partial charge < -0.3 is 25.7 Å². The van der Waals surface area contributed by atoms with E-state index in [9.17, 15) is 20.1 Å². The molecule has 0 atom stereocenters. The minimum absolute atomic E-state index is 0.0104. The normalized spacial score (nSPS) is 10.9. The van der Waals surface area contributed by atoms with Gasteiger partial charge in [0.05, 0.1) is 6.61 Å². The Morgan fingerprint density at radius 3 is 2.46 bits per heavy atom. The van der Waals surface area contributed by atoms with Crippen LogP contribution in [0.2, 0.25) is 0 Å². The first-order valence-corrected chi connectivity index (χ1v) is 7.39. The van der Waals surface area contributed by atoms with Crippen molar-refractivity contribution in [1.82, 2.24) is 5.32 Å². The molecular weight excluding hydrogens is 310 g/mol. The standard InChI is InChI=1S/C18H19NO5/c20-11-14-9-12(1-4-15(14)21)3-6-18(24)19-8-7-13-2-5-16(22)17(23)10-13/h1-6,9-10,20-23H,7-8,11H2,(H,19,24)/b6-3+. The molecule has 0 saturated heterocycles. The third kappa shape index (κ3) is 4.76. The first-order valence-electron chi connectivity index (χ1n) is 7.39. The molecule has 0 spiro atoms. The van der Waals surface area contributed by atoms with Gasteiger partial charge in [0.1, 0.15) is 5.75 Å². The zero-order chi connectivity index (χ0) is 17.5. The first-order chi connectivity index (χ1) is 11.5. The summed E-state index contributed by atoms with van der Waals surface area (Å²) >= 11 is 0. The number of benzene rings is 2. The van der Waals surface area contributed by atoms with Gasteiger partial charge >= 0.3 is 0 Å². The molecule has 6 heteroatoms. The molecule has 0 radical (unpaired) electrons. The highest BCUT2D eigenvalue weighted by atomic mass is 16.3. The number of carbonyl (C=O) groups is 1. The summed E-state index contributed by atoms with van der Waals surface area (Å²) in [6.45, 7) is 0.101. The van der Waals surface area contributed by atoms with Crippen LogP contribution in [0.1, 0.15) is 16.7 Å². The molecule has 0 bridgehead atoms. The predicted octanol–water partition coefficient (Wildman–Crippen LogP) is 1.67. The fraction of sp³-hybridized carbons (Fsp3) is 0.167. The number of hydrogen-bond donors (Lipinski definition) is 5. The number of phenolic OH excluding ortho intramolecular Hbond substituents is 2. The Morgan fingerprint density at radius 1 is 1.00 bits per heavy atom. The summed E-state index contributed by atoms with van der Waals surface area (Å²) in [5, 5.41) is 39.9. The number of carbonyl (C=O) groups excluding carboxylic acids is 1. The zero-order valence-corrected chi connectivity index (χ0v) is 12.9. The number of nitrogens with one attached hydrogen (secondary N) is 1. The molecule has 6 nitrogen and oxygen atoms in total. The second-order valence-corrected chi connectivity index (χ2v) is 5.24. The van der Waals surface area contributed by atoms with E-state index in [0.29, 0.717) is 24.1 Å². The number of rotatable bonds is 6. The monoisotopic (exact) mass is 329 g/mol. The smallest absolute Gasteiger partial charge is 0.244 e. The molecule has 2 aromatic carbocycles. The van der Waals surface area contributed by atoms with Gasteiger partial charge in [-0.25, -0.2) is 0 Å². The second-order valence-electron chi connectivity index (χ2n) is 5.24. The topological polar surface area (TPSA) is 110 Å². The lowest BCUT2D eigenvalue weighted by molar-refractivity contribution is -0.116. The van der Waals surface area contributed by atoms with E-state index < -0.39 is 0 Å². The van der Waals surface area contributed by atoms with E-state index in [1.807, 2.05) is 0 Å². The molecule has 0 aliphatic heterocycles. The Morgan fingerprint density at radius 2 is 1.75 bits per heavy atom. The number of phenols is 3. The van der Waals surface area contributed by atoms with Crippen LogP contribution in [-0.4, -0.2) is 32.9 Å². The van der Waals surface area contributed by atoms with E-state index in [2.05, 4.69) is 5.32 Å². The van der Waals surface area contributed by atoms with Crippen LogP contribution >= 0.6 is 0 Å². The third-order valence-corrected chi connectivity index (χ3v) is 3.45. The van der Waals surface area contributed by atoms with Crippen LogP contribution in [0.25, 0.3) is 6.08 Å². The summed E-state index contributed by atoms with van der Waals surface area (Å²) in [6.07, 6.45) is 3.46. The molecule has 0 aliphatic rings. The van der Waals surface area contributed by atoms with Crippen molar-refractivity contribution < 1.29 is 25.2 Å². The Balaban J connectivity index is 1.85. The molecule has 5 N–H and O–H groups in total. The largest absolute Gasteiger partial charge is 0.508 e. The van der Waals surface area contributed by atoms with Crippen LogP contribution < -0.4 is 5.32 Å². The molecule has 0 heterocycles. The molecule has 24 heavy (non-hydrogen) atoms. The predicted molar refractivity (Wildman–Crippen MR) is 89.5 cm³/mol. The lowest BCUT2D eigenvalue weighted by atomic mass is 10.1. The van der Waals surface area contributed by atoms with Crippen LogP contribution in [0.5, 0.6) is 17.2 Å². The summed E-state index contributed by atoms with van der Waals surface area (Å²) in [5.41, 5.74) is 1.88. The van der Waals surface area contributed by atoms with Crippen LogP contribution in [0, 0.1) is 0 Å². The van der Waals surface area contributed by atoms with Gasteiger partial charge in [-0.2, -0.15) is 0 Å². The average molecular weight is 329 g/mol. The van der Waals surface area contributed by atoms with E-state index in [1.54, 1.807) is 24.3 Å². The lowest BCUT2D eigenvalue weighted by Crippen LogP contribution is -2.23. The molecular formula is C18H19NO5. The second kappa shape index (κ2) is 8.03. The van der Waals surface area contributed by atoms with Crippen molar-refractivity contribution >= 4 is 12.0 Å². The van der Waals surface area contributed by atoms with Crippen molar-refractivity contribution in [3.8, 4) is 17.2 Å². The Bertz CT molecular complexity index is 755. The van der Waals surface area contributed by atoms with Gasteiger partial charge in [-0.05, 0) is 47.9 Å². The molecule has 0 fully saturated rings. The Labute approximate surface area is 139 Å². The highest BCUT2D eigenvalue weighted by molar-refractivity contribution is 5.91. The fourth-order valence-electron chi connectivity index (χ4n) is 2.12. The van der Waals surface area contributed by atoms with Gasteiger partial charge in [0.15, 0.2) is 11.5 Å². The van der Waals surface area contributed by atoms with Gasteiger partial charge in [-0.1, -0.05) is 12.1 Å². The zero-order valence-electron chi connectivity index (χ0n) is 12.9. The lowest BCUT2D eigenvalue weighted by Gasteiger charge is -2.05. The molecule has 0 aromatic heterocycles. The maximum atomic E-state index is 11.8. The minimum atomic E-state index is -0.281. The van der Waals surface area contributed by atoms with Crippen molar-refractivity contribution in [3.63, 3.8) is 0 Å². The fourth-order valence-corrected chi connectivity index (χ4v) is 2.12. The van der Waals surface area contributed by atoms with Gasteiger partial charge in [-0.15, -0.1) is 0 Å². The highest BCUT2D eigenvalue weighted by Crippen LogP contribution is 2.24. The number of aliphatic hydroxyl groups excluding tert-OH is 1. The number of aromatic hydroxyl groups is 3. The van der Waals surface area contributed by atoms with Crippen LogP contribution in [0.4, 0.5) is 0 Å². The maximum Gasteiger partial charge on any atom is 0.244 e. The number of aliphatic hydroxyl groups is 1. The van der Waals surface area contributed by atoms with Gasteiger partial charge in [-0.3, -0.25) is 4.79 Å². The van der Waals surface area contributed by atoms with Gasteiger partial charge in [0.2, 0.25) is 5.91 Å². The van der Waals surface area contributed by atoms with Crippen molar-refractivity contribution in [2.24, 2.45) is 0 Å². The van der Waals surface area contributed by atoms with E-state index in [1.165, 1.54) is 24.3 Å². The van der Waals surface area contributed by atoms with E-state index in [4.69, 9.17) is 5.11 Å². The molecule has 2 aromatic rings. The van der Waals surface area contributed by atoms with Crippen molar-refractivity contribution in [2.45, 2.75) is 13.0 Å². The molecule has 1 amide bonds. The summed E-state index contributed by atoms with van der Waals surface area (Å²) in [6, 6.07) is 9.21. The summed E-state index contributed by atoms with van der Waals surface area (Å²) in [4.78, 5) is 11.8. The van der Waals surface area contributed by atoms with Gasteiger partial charge in [0.25, 0.3) is 0 Å². The number of amides is 1. The van der Waals surface area contributed by atoms with E-state index in [-0.39, 0.29) is 29.8 Å². The SMILES string of the molecule is O=C(/C=C/c1ccc(O)c(CO)c1)NCCc1ccc(O)c(O)c1. The van der Waals surface area contributed by atoms with E-state index >= 15 is 0 Å². The van der Waals surface area contributed by atoms with Crippen LogP contribution in [0.3, 0.4) is 0 Å². The summed E-state index contributed by atoms with van der Waals surface area (Å²) in [7, 11) is 0. The molecule has 2 rings (SSSR count). The molecule has 0 unspecified atom stereocenters. The average Bonchev–Trinajstić information content (AvgIpc) is 2.57. The molecule has 126 valence electrons. The molecule has 0 saturated carbocycles. The minimum Gasteiger partial charge on any atom is -0.508 e. The van der Waals surface area contributed by atoms with Crippen molar-refractivity contribution in [3.05, 3.63) is 59.2 Å². The summed E-state index contributed by atoms with van der Waals surface area (Å²) in [5.74, 6) is -0.638. The van der Waals surface area contributed by atoms with Crippen LogP contribution in [0.15, 0.2) is 42.5 Å². The van der Waals surface area contributed by atoms with Crippen molar-refractivity contribution in [1.29, 1.82) is 0 Å². The van der Waals surface area contributed by atoms with Gasteiger partial charge in [0, 0.05) is 18.2 Å². The van der Waals surface area contributed by atoms with E-state index in [0.717, 1.165) is 5.56 Å². The Hall–Kier alpha value is -2.99. The Kier molecular flexibility index (Phi) is 5.81. The third-order valence-electron chi connectivity index (χ3n) is 3.45.